The molecule has 5 nitrogen and oxygen atoms in total. The molecule has 0 spiro atoms. The fraction of sp³-hybridized carbons (Fsp3) is 0.158. The van der Waals surface area contributed by atoms with Crippen LogP contribution in [0.2, 0.25) is 0 Å². The Hall–Kier alpha value is -2.64. The summed E-state index contributed by atoms with van der Waals surface area (Å²) in [4.78, 5) is 30.4. The van der Waals surface area contributed by atoms with Crippen LogP contribution < -0.4 is 15.7 Å². The Morgan fingerprint density at radius 1 is 1.12 bits per heavy atom. The highest BCUT2D eigenvalue weighted by atomic mass is 32.1. The Balaban J connectivity index is 1.82. The van der Waals surface area contributed by atoms with E-state index in [0.717, 1.165) is 21.6 Å². The molecule has 0 saturated heterocycles. The second-order valence-electron chi connectivity index (χ2n) is 6.10. The third-order valence-electron chi connectivity index (χ3n) is 4.11. The number of aryl methyl sites for hydroxylation is 2. The molecule has 1 aromatic carbocycles. The van der Waals surface area contributed by atoms with E-state index in [1.54, 1.807) is 11.3 Å². The molecule has 0 aliphatic carbocycles. The molecule has 130 valence electrons. The summed E-state index contributed by atoms with van der Waals surface area (Å²) in [7, 11) is 0. The van der Waals surface area contributed by atoms with Crippen LogP contribution in [-0.2, 0) is 6.42 Å². The molecule has 0 fully saturated rings. The van der Waals surface area contributed by atoms with Crippen LogP contribution in [0.15, 0.2) is 45.3 Å². The zero-order valence-electron chi connectivity index (χ0n) is 14.2. The monoisotopic (exact) mass is 381 g/mol. The SMILES string of the molecule is Cc1ccc(Cc2nn3c(=O)c(=Cc4sccc4C)sc3nc2=O)cc1. The van der Waals surface area contributed by atoms with Gasteiger partial charge in [-0.1, -0.05) is 41.2 Å². The summed E-state index contributed by atoms with van der Waals surface area (Å²) in [5.41, 5.74) is 2.88. The van der Waals surface area contributed by atoms with Crippen molar-refractivity contribution in [2.75, 3.05) is 0 Å². The highest BCUT2D eigenvalue weighted by molar-refractivity contribution is 7.15. The van der Waals surface area contributed by atoms with Crippen LogP contribution in [0, 0.1) is 13.8 Å². The maximum Gasteiger partial charge on any atom is 0.296 e. The maximum absolute atomic E-state index is 12.7. The van der Waals surface area contributed by atoms with Crippen LogP contribution in [0.5, 0.6) is 0 Å². The molecule has 0 radical (unpaired) electrons. The minimum atomic E-state index is -0.384. The molecule has 0 bridgehead atoms. The van der Waals surface area contributed by atoms with Crippen molar-refractivity contribution in [2.45, 2.75) is 20.3 Å². The number of thiazole rings is 1. The van der Waals surface area contributed by atoms with Crippen molar-refractivity contribution in [1.82, 2.24) is 14.6 Å². The van der Waals surface area contributed by atoms with Gasteiger partial charge in [0.1, 0.15) is 5.69 Å². The van der Waals surface area contributed by atoms with Crippen molar-refractivity contribution in [3.05, 3.63) is 88.2 Å². The number of rotatable bonds is 3. The number of fused-ring (bicyclic) bond motifs is 1. The van der Waals surface area contributed by atoms with E-state index >= 15 is 0 Å². The van der Waals surface area contributed by atoms with Gasteiger partial charge in [-0.3, -0.25) is 9.59 Å². The van der Waals surface area contributed by atoms with Crippen LogP contribution in [0.1, 0.15) is 27.3 Å². The third kappa shape index (κ3) is 3.11. The standard InChI is InChI=1S/C19H15N3O2S2/c1-11-3-5-13(6-4-11)9-14-17(23)20-19-22(21-14)18(24)16(26-19)10-15-12(2)7-8-25-15/h3-8,10H,9H2,1-2H3. The molecule has 26 heavy (non-hydrogen) atoms. The number of nitrogens with zero attached hydrogens (tertiary/aromatic N) is 3. The molecular weight excluding hydrogens is 366 g/mol. The lowest BCUT2D eigenvalue weighted by molar-refractivity contribution is 0.811. The summed E-state index contributed by atoms with van der Waals surface area (Å²) in [6.07, 6.45) is 2.20. The van der Waals surface area contributed by atoms with Crippen molar-refractivity contribution < 1.29 is 0 Å². The maximum atomic E-state index is 12.7. The fourth-order valence-electron chi connectivity index (χ4n) is 2.60. The van der Waals surface area contributed by atoms with Gasteiger partial charge in [0.2, 0.25) is 4.96 Å². The summed E-state index contributed by atoms with van der Waals surface area (Å²) < 4.78 is 1.77. The van der Waals surface area contributed by atoms with Gasteiger partial charge < -0.3 is 0 Å². The number of aromatic nitrogens is 3. The quantitative estimate of drug-likeness (QED) is 0.546. The first-order valence-electron chi connectivity index (χ1n) is 8.05. The van der Waals surface area contributed by atoms with Crippen LogP contribution in [0.4, 0.5) is 0 Å². The van der Waals surface area contributed by atoms with Crippen molar-refractivity contribution in [2.24, 2.45) is 0 Å². The minimum Gasteiger partial charge on any atom is -0.266 e. The van der Waals surface area contributed by atoms with Gasteiger partial charge in [0.05, 0.1) is 4.53 Å². The molecule has 0 N–H and O–H groups in total. The van der Waals surface area contributed by atoms with Crippen LogP contribution in [0.25, 0.3) is 11.0 Å². The first-order chi connectivity index (χ1) is 12.5. The van der Waals surface area contributed by atoms with Crippen molar-refractivity contribution in [3.8, 4) is 0 Å². The lowest BCUT2D eigenvalue weighted by Crippen LogP contribution is -2.28. The molecule has 4 aromatic rings. The van der Waals surface area contributed by atoms with Crippen molar-refractivity contribution >= 4 is 33.7 Å². The van der Waals surface area contributed by atoms with Crippen LogP contribution >= 0.6 is 22.7 Å². The highest BCUT2D eigenvalue weighted by Gasteiger charge is 2.12. The second-order valence-corrected chi connectivity index (χ2v) is 8.06. The van der Waals surface area contributed by atoms with Crippen molar-refractivity contribution in [3.63, 3.8) is 0 Å². The summed E-state index contributed by atoms with van der Waals surface area (Å²) in [5, 5.41) is 6.27. The fourth-order valence-corrected chi connectivity index (χ4v) is 4.42. The first kappa shape index (κ1) is 16.8. The van der Waals surface area contributed by atoms with Gasteiger partial charge in [0.15, 0.2) is 0 Å². The van der Waals surface area contributed by atoms with Crippen LogP contribution in [0.3, 0.4) is 0 Å². The lowest BCUT2D eigenvalue weighted by Gasteiger charge is -2.01. The zero-order valence-corrected chi connectivity index (χ0v) is 15.9. The van der Waals surface area contributed by atoms with E-state index < -0.39 is 0 Å². The Bertz CT molecular complexity index is 1270. The topological polar surface area (TPSA) is 64.3 Å². The van der Waals surface area contributed by atoms with E-state index in [1.807, 2.05) is 55.6 Å². The normalized spacial score (nSPS) is 12.2. The largest absolute Gasteiger partial charge is 0.296 e. The van der Waals surface area contributed by atoms with E-state index in [9.17, 15) is 9.59 Å². The summed E-state index contributed by atoms with van der Waals surface area (Å²) >= 11 is 2.76. The van der Waals surface area contributed by atoms with Gasteiger partial charge in [-0.15, -0.1) is 11.3 Å². The van der Waals surface area contributed by atoms with Gasteiger partial charge in [0, 0.05) is 11.3 Å². The van der Waals surface area contributed by atoms with E-state index in [4.69, 9.17) is 0 Å². The molecular formula is C19H15N3O2S2. The average Bonchev–Trinajstić information content (AvgIpc) is 3.15. The molecule has 3 aromatic heterocycles. The van der Waals surface area contributed by atoms with Gasteiger partial charge >= 0.3 is 0 Å². The molecule has 0 amide bonds. The van der Waals surface area contributed by atoms with E-state index in [-0.39, 0.29) is 16.8 Å². The number of hydrogen-bond acceptors (Lipinski definition) is 6. The molecule has 0 aliphatic rings. The Kier molecular flexibility index (Phi) is 4.26. The summed E-state index contributed by atoms with van der Waals surface area (Å²) in [6, 6.07) is 9.89. The summed E-state index contributed by atoms with van der Waals surface area (Å²) in [5.74, 6) is 0. The number of benzene rings is 1. The molecule has 0 unspecified atom stereocenters. The Labute approximate surface area is 156 Å². The van der Waals surface area contributed by atoms with Gasteiger partial charge in [-0.25, -0.2) is 0 Å². The third-order valence-corrected chi connectivity index (χ3v) is 6.03. The van der Waals surface area contributed by atoms with Crippen LogP contribution in [-0.4, -0.2) is 14.6 Å². The average molecular weight is 381 g/mol. The summed E-state index contributed by atoms with van der Waals surface area (Å²) in [6.45, 7) is 4.01. The molecule has 4 rings (SSSR count). The smallest absolute Gasteiger partial charge is 0.266 e. The predicted octanol–water partition coefficient (Wildman–Crippen LogP) is 2.33. The van der Waals surface area contributed by atoms with Gasteiger partial charge in [0.25, 0.3) is 11.1 Å². The Morgan fingerprint density at radius 2 is 1.88 bits per heavy atom. The first-order valence-corrected chi connectivity index (χ1v) is 9.75. The molecule has 0 aliphatic heterocycles. The Morgan fingerprint density at radius 3 is 2.58 bits per heavy atom. The number of thiophene rings is 1. The van der Waals surface area contributed by atoms with E-state index in [2.05, 4.69) is 10.1 Å². The van der Waals surface area contributed by atoms with Crippen molar-refractivity contribution in [1.29, 1.82) is 0 Å². The van der Waals surface area contributed by atoms with Gasteiger partial charge in [-0.2, -0.15) is 14.6 Å². The van der Waals surface area contributed by atoms with Gasteiger partial charge in [-0.05, 0) is 42.5 Å². The second kappa shape index (κ2) is 6.59. The molecule has 0 saturated carbocycles. The lowest BCUT2D eigenvalue weighted by atomic mass is 10.1. The highest BCUT2D eigenvalue weighted by Crippen LogP contribution is 2.16. The predicted molar refractivity (Wildman–Crippen MR) is 105 cm³/mol. The zero-order chi connectivity index (χ0) is 18.3. The molecule has 3 heterocycles. The van der Waals surface area contributed by atoms with E-state index in [0.29, 0.717) is 15.9 Å². The van der Waals surface area contributed by atoms with E-state index in [1.165, 1.54) is 15.9 Å². The number of hydrogen-bond donors (Lipinski definition) is 0. The minimum absolute atomic E-state index is 0.240. The molecule has 7 heteroatoms. The molecule has 0 atom stereocenters.